The third-order valence-electron chi connectivity index (χ3n) is 4.85. The Labute approximate surface area is 192 Å². The summed E-state index contributed by atoms with van der Waals surface area (Å²) in [4.78, 5) is 0. The predicted molar refractivity (Wildman–Crippen MR) is 101 cm³/mol. The van der Waals surface area contributed by atoms with Gasteiger partial charge in [0.1, 0.15) is 22.9 Å². The van der Waals surface area contributed by atoms with Gasteiger partial charge in [-0.05, 0) is 18.6 Å². The second-order valence-electron chi connectivity index (χ2n) is 7.48. The molecule has 1 aliphatic rings. The number of hydrogen-bond donors (Lipinski definition) is 0. The summed E-state index contributed by atoms with van der Waals surface area (Å²) in [6, 6.07) is -1.50. The van der Waals surface area contributed by atoms with Crippen LogP contribution in [0.4, 0.5) is 39.5 Å². The first-order chi connectivity index (χ1) is 16.4. The number of benzene rings is 2. The van der Waals surface area contributed by atoms with Gasteiger partial charge in [0.05, 0.1) is 13.2 Å². The largest absolute Gasteiger partial charge is 0.432 e. The maximum absolute atomic E-state index is 14.5. The average Bonchev–Trinajstić information content (AvgIpc) is 2.75. The van der Waals surface area contributed by atoms with Crippen LogP contribution in [0.2, 0.25) is 0 Å². The molecule has 1 fully saturated rings. The number of ether oxygens (including phenoxy) is 4. The fourth-order valence-corrected chi connectivity index (χ4v) is 3.34. The van der Waals surface area contributed by atoms with Gasteiger partial charge in [-0.3, -0.25) is 0 Å². The summed E-state index contributed by atoms with van der Waals surface area (Å²) in [5.41, 5.74) is -2.10. The highest BCUT2D eigenvalue weighted by atomic mass is 19.3. The molecule has 0 amide bonds. The van der Waals surface area contributed by atoms with Crippen LogP contribution in [-0.2, 0) is 15.6 Å². The van der Waals surface area contributed by atoms with Crippen LogP contribution in [-0.4, -0.2) is 13.2 Å². The molecule has 1 saturated heterocycles. The van der Waals surface area contributed by atoms with E-state index in [4.69, 9.17) is 9.47 Å². The van der Waals surface area contributed by atoms with Crippen LogP contribution in [0.25, 0.3) is 0 Å². The molecule has 0 aliphatic carbocycles. The van der Waals surface area contributed by atoms with Crippen molar-refractivity contribution in [2.45, 2.75) is 32.2 Å². The monoisotopic (exact) mass is 516 g/mol. The molecule has 0 N–H and O–H groups in total. The SMILES string of the molecule is CCCC1COC(c2cc(F)c(C(F)(F)Oc3cc(F)c(OC(F)=C(F)F)c(F)c3)c(F)c2)OC1. The summed E-state index contributed by atoms with van der Waals surface area (Å²) in [5.74, 6) is -10.2. The van der Waals surface area contributed by atoms with E-state index in [1.807, 2.05) is 6.92 Å². The minimum atomic E-state index is -4.79. The number of rotatable bonds is 8. The van der Waals surface area contributed by atoms with E-state index in [0.29, 0.717) is 12.1 Å². The molecular weight excluding hydrogens is 499 g/mol. The van der Waals surface area contributed by atoms with Crippen molar-refractivity contribution in [2.75, 3.05) is 13.2 Å². The standard InChI is InChI=1S/C22H17F9O4/c1-2-3-10-8-32-21(33-9-10)11-4-13(23)17(14(24)5-11)22(30,31)35-12-6-15(25)18(16(26)7-12)34-20(29)19(27)28/h4-7,10,21H,2-3,8-9H2,1H3. The predicted octanol–water partition coefficient (Wildman–Crippen LogP) is 7.25. The van der Waals surface area contributed by atoms with E-state index >= 15 is 0 Å². The zero-order valence-corrected chi connectivity index (χ0v) is 17.8. The summed E-state index contributed by atoms with van der Waals surface area (Å²) >= 11 is 0. The van der Waals surface area contributed by atoms with Gasteiger partial charge >= 0.3 is 18.2 Å². The van der Waals surface area contributed by atoms with E-state index in [0.717, 1.165) is 12.8 Å². The van der Waals surface area contributed by atoms with Crippen LogP contribution in [0.5, 0.6) is 11.5 Å². The number of alkyl halides is 2. The highest BCUT2D eigenvalue weighted by molar-refractivity contribution is 5.37. The van der Waals surface area contributed by atoms with Gasteiger partial charge in [0, 0.05) is 23.6 Å². The van der Waals surface area contributed by atoms with Crippen molar-refractivity contribution in [3.63, 3.8) is 0 Å². The van der Waals surface area contributed by atoms with Crippen LogP contribution in [0.3, 0.4) is 0 Å². The highest BCUT2D eigenvalue weighted by Gasteiger charge is 2.42. The van der Waals surface area contributed by atoms with Crippen LogP contribution in [0.1, 0.15) is 37.2 Å². The normalized spacial score (nSPS) is 18.3. The van der Waals surface area contributed by atoms with E-state index in [1.165, 1.54) is 0 Å². The summed E-state index contributed by atoms with van der Waals surface area (Å²) in [7, 11) is 0. The Morgan fingerprint density at radius 2 is 1.46 bits per heavy atom. The molecule has 0 bridgehead atoms. The summed E-state index contributed by atoms with van der Waals surface area (Å²) < 4.78 is 141. The molecule has 0 radical (unpaired) electrons. The van der Waals surface area contributed by atoms with Gasteiger partial charge in [-0.15, -0.1) is 0 Å². The van der Waals surface area contributed by atoms with Crippen LogP contribution >= 0.6 is 0 Å². The first kappa shape index (κ1) is 26.7. The van der Waals surface area contributed by atoms with E-state index in [2.05, 4.69) is 9.47 Å². The first-order valence-electron chi connectivity index (χ1n) is 10.1. The third kappa shape index (κ3) is 6.20. The van der Waals surface area contributed by atoms with Crippen molar-refractivity contribution in [3.8, 4) is 11.5 Å². The molecule has 0 atom stereocenters. The summed E-state index contributed by atoms with van der Waals surface area (Å²) in [5, 5.41) is 0. The van der Waals surface area contributed by atoms with Crippen molar-refractivity contribution in [2.24, 2.45) is 5.92 Å². The van der Waals surface area contributed by atoms with Gasteiger partial charge in [-0.1, -0.05) is 13.3 Å². The Balaban J connectivity index is 1.82. The lowest BCUT2D eigenvalue weighted by Gasteiger charge is -2.30. The molecular formula is C22H17F9O4. The maximum Gasteiger partial charge on any atom is 0.432 e. The minimum absolute atomic E-state index is 0.0242. The van der Waals surface area contributed by atoms with Gasteiger partial charge < -0.3 is 18.9 Å². The molecule has 192 valence electrons. The van der Waals surface area contributed by atoms with Gasteiger partial charge in [0.15, 0.2) is 17.9 Å². The summed E-state index contributed by atoms with van der Waals surface area (Å²) in [6.07, 6.45) is -7.36. The Hall–Kier alpha value is -2.93. The quantitative estimate of drug-likeness (QED) is 0.274. The fourth-order valence-electron chi connectivity index (χ4n) is 3.34. The molecule has 2 aromatic rings. The molecule has 1 heterocycles. The van der Waals surface area contributed by atoms with Crippen molar-refractivity contribution in [3.05, 3.63) is 70.8 Å². The molecule has 0 saturated carbocycles. The van der Waals surface area contributed by atoms with Crippen LogP contribution in [0, 0.1) is 29.2 Å². The van der Waals surface area contributed by atoms with Crippen LogP contribution < -0.4 is 9.47 Å². The zero-order valence-electron chi connectivity index (χ0n) is 17.8. The van der Waals surface area contributed by atoms with Crippen LogP contribution in [0.15, 0.2) is 36.4 Å². The van der Waals surface area contributed by atoms with Crippen molar-refractivity contribution < 1.29 is 58.5 Å². The third-order valence-corrected chi connectivity index (χ3v) is 4.85. The second kappa shape index (κ2) is 10.8. The first-order valence-corrected chi connectivity index (χ1v) is 10.1. The topological polar surface area (TPSA) is 36.9 Å². The lowest BCUT2D eigenvalue weighted by molar-refractivity contribution is -0.206. The smallest absolute Gasteiger partial charge is 0.429 e. The fraction of sp³-hybridized carbons (Fsp3) is 0.364. The molecule has 35 heavy (non-hydrogen) atoms. The second-order valence-corrected chi connectivity index (χ2v) is 7.48. The molecule has 4 nitrogen and oxygen atoms in total. The Bertz CT molecular complexity index is 1050. The van der Waals surface area contributed by atoms with Crippen molar-refractivity contribution >= 4 is 0 Å². The zero-order chi connectivity index (χ0) is 25.9. The molecule has 13 heteroatoms. The molecule has 0 spiro atoms. The van der Waals surface area contributed by atoms with Gasteiger partial charge in [-0.2, -0.15) is 22.0 Å². The van der Waals surface area contributed by atoms with Gasteiger partial charge in [0.2, 0.25) is 5.75 Å². The molecule has 1 aliphatic heterocycles. The average molecular weight is 516 g/mol. The van der Waals surface area contributed by atoms with Crippen molar-refractivity contribution in [1.29, 1.82) is 0 Å². The van der Waals surface area contributed by atoms with E-state index in [-0.39, 0.29) is 36.8 Å². The highest BCUT2D eigenvalue weighted by Crippen LogP contribution is 2.39. The lowest BCUT2D eigenvalue weighted by atomic mass is 10.0. The minimum Gasteiger partial charge on any atom is -0.429 e. The maximum atomic E-state index is 14.5. The van der Waals surface area contributed by atoms with E-state index < -0.39 is 64.8 Å². The summed E-state index contributed by atoms with van der Waals surface area (Å²) in [6.45, 7) is 2.42. The number of hydrogen-bond acceptors (Lipinski definition) is 4. The van der Waals surface area contributed by atoms with E-state index in [9.17, 15) is 39.5 Å². The van der Waals surface area contributed by atoms with Crippen molar-refractivity contribution in [1.82, 2.24) is 0 Å². The molecule has 0 unspecified atom stereocenters. The van der Waals surface area contributed by atoms with E-state index in [1.54, 1.807) is 0 Å². The Morgan fingerprint density at radius 1 is 0.914 bits per heavy atom. The lowest BCUT2D eigenvalue weighted by Crippen LogP contribution is -2.28. The Kier molecular flexibility index (Phi) is 8.21. The molecule has 2 aromatic carbocycles. The number of halogens is 9. The molecule has 3 rings (SSSR count). The Morgan fingerprint density at radius 3 is 1.94 bits per heavy atom. The van der Waals surface area contributed by atoms with Gasteiger partial charge in [0.25, 0.3) is 0 Å². The van der Waals surface area contributed by atoms with Gasteiger partial charge in [-0.25, -0.2) is 17.6 Å². The molecule has 0 aromatic heterocycles.